The van der Waals surface area contributed by atoms with Crippen LogP contribution in [0.5, 0.6) is 5.75 Å². The molecule has 0 amide bonds. The number of benzene rings is 1. The molecule has 1 aromatic carbocycles. The lowest BCUT2D eigenvalue weighted by Crippen LogP contribution is -2.25. The highest BCUT2D eigenvalue weighted by molar-refractivity contribution is 5.81. The van der Waals surface area contributed by atoms with Gasteiger partial charge >= 0.3 is 5.97 Å². The Labute approximate surface area is 92.1 Å². The molecule has 4 N–H and O–H groups in total. The minimum Gasteiger partial charge on any atom is -0.425 e. The third-order valence-corrected chi connectivity index (χ3v) is 1.61. The van der Waals surface area contributed by atoms with Crippen molar-refractivity contribution >= 4 is 11.9 Å². The third kappa shape index (κ3) is 3.67. The Morgan fingerprint density at radius 2 is 2.00 bits per heavy atom. The number of guanidine groups is 1. The number of nitriles is 1. The van der Waals surface area contributed by atoms with Crippen molar-refractivity contribution < 1.29 is 9.53 Å². The Morgan fingerprint density at radius 1 is 1.38 bits per heavy atom. The maximum absolute atomic E-state index is 11.2. The second kappa shape index (κ2) is 5.36. The third-order valence-electron chi connectivity index (χ3n) is 1.61. The minimum absolute atomic E-state index is 0.170. The number of nitrogens with two attached hydrogens (primary N) is 2. The van der Waals surface area contributed by atoms with Crippen LogP contribution in [0.4, 0.5) is 0 Å². The molecule has 1 rings (SSSR count). The van der Waals surface area contributed by atoms with E-state index in [1.807, 2.05) is 6.07 Å². The molecule has 6 nitrogen and oxygen atoms in total. The summed E-state index contributed by atoms with van der Waals surface area (Å²) >= 11 is 0. The van der Waals surface area contributed by atoms with Crippen LogP contribution < -0.4 is 16.2 Å². The number of carbonyl (C=O) groups is 1. The first-order valence-electron chi connectivity index (χ1n) is 4.38. The Kier molecular flexibility index (Phi) is 3.86. The summed E-state index contributed by atoms with van der Waals surface area (Å²) in [7, 11) is 0. The van der Waals surface area contributed by atoms with Crippen LogP contribution in [-0.4, -0.2) is 18.5 Å². The molecule has 0 radical (unpaired) electrons. The van der Waals surface area contributed by atoms with Crippen molar-refractivity contribution in [2.24, 2.45) is 16.5 Å². The molecule has 0 spiro atoms. The maximum Gasteiger partial charge on any atom is 0.333 e. The van der Waals surface area contributed by atoms with Crippen LogP contribution >= 0.6 is 0 Å². The van der Waals surface area contributed by atoms with Crippen LogP contribution in [0.15, 0.2) is 29.3 Å². The smallest absolute Gasteiger partial charge is 0.333 e. The predicted molar refractivity (Wildman–Crippen MR) is 57.5 cm³/mol. The molecule has 6 heteroatoms. The Bertz CT molecular complexity index is 441. The topological polar surface area (TPSA) is 114 Å². The second-order valence-corrected chi connectivity index (χ2v) is 2.85. The summed E-state index contributed by atoms with van der Waals surface area (Å²) in [6.07, 6.45) is 0. The van der Waals surface area contributed by atoms with E-state index in [1.54, 1.807) is 12.1 Å². The van der Waals surface area contributed by atoms with E-state index >= 15 is 0 Å². The highest BCUT2D eigenvalue weighted by atomic mass is 16.5. The molecule has 0 unspecified atom stereocenters. The van der Waals surface area contributed by atoms with Gasteiger partial charge in [0, 0.05) is 0 Å². The van der Waals surface area contributed by atoms with E-state index < -0.39 is 5.97 Å². The average molecular weight is 218 g/mol. The number of ether oxygens (including phenoxy) is 1. The van der Waals surface area contributed by atoms with E-state index in [4.69, 9.17) is 21.5 Å². The number of hydrogen-bond acceptors (Lipinski definition) is 4. The van der Waals surface area contributed by atoms with E-state index in [0.29, 0.717) is 11.3 Å². The quantitative estimate of drug-likeness (QED) is 0.314. The monoisotopic (exact) mass is 218 g/mol. The molecule has 0 atom stereocenters. The summed E-state index contributed by atoms with van der Waals surface area (Å²) < 4.78 is 4.90. The fourth-order valence-electron chi connectivity index (χ4n) is 0.917. The first-order chi connectivity index (χ1) is 7.61. The molecule has 0 aliphatic heterocycles. The molecule has 0 fully saturated rings. The molecular weight excluding hydrogens is 208 g/mol. The van der Waals surface area contributed by atoms with Gasteiger partial charge in [0.2, 0.25) is 0 Å². The Morgan fingerprint density at radius 3 is 2.50 bits per heavy atom. The van der Waals surface area contributed by atoms with Crippen LogP contribution in [0, 0.1) is 11.3 Å². The molecule has 0 aromatic heterocycles. The Hall–Kier alpha value is -2.55. The minimum atomic E-state index is -0.571. The van der Waals surface area contributed by atoms with Gasteiger partial charge in [-0.05, 0) is 24.3 Å². The summed E-state index contributed by atoms with van der Waals surface area (Å²) in [5, 5.41) is 8.55. The van der Waals surface area contributed by atoms with Crippen LogP contribution in [0.25, 0.3) is 0 Å². The Balaban J connectivity index is 2.57. The van der Waals surface area contributed by atoms with Crippen LogP contribution in [0.2, 0.25) is 0 Å². The van der Waals surface area contributed by atoms with Crippen LogP contribution in [-0.2, 0) is 4.79 Å². The molecule has 0 heterocycles. The molecular formula is C10H10N4O2. The highest BCUT2D eigenvalue weighted by Gasteiger charge is 2.03. The van der Waals surface area contributed by atoms with Crippen molar-refractivity contribution in [1.82, 2.24) is 0 Å². The van der Waals surface area contributed by atoms with Crippen molar-refractivity contribution in [1.29, 1.82) is 5.26 Å². The zero-order valence-corrected chi connectivity index (χ0v) is 8.38. The van der Waals surface area contributed by atoms with Crippen molar-refractivity contribution in [3.05, 3.63) is 29.8 Å². The number of nitrogens with zero attached hydrogens (tertiary/aromatic N) is 2. The summed E-state index contributed by atoms with van der Waals surface area (Å²) in [6.45, 7) is -0.234. The summed E-state index contributed by atoms with van der Waals surface area (Å²) in [5.74, 6) is -0.398. The molecule has 0 aliphatic rings. The van der Waals surface area contributed by atoms with Gasteiger partial charge in [-0.2, -0.15) is 5.26 Å². The number of rotatable bonds is 3. The fourth-order valence-corrected chi connectivity index (χ4v) is 0.917. The first kappa shape index (κ1) is 11.5. The molecule has 0 aliphatic carbocycles. The number of carbonyl (C=O) groups excluding carboxylic acids is 1. The second-order valence-electron chi connectivity index (χ2n) is 2.85. The van der Waals surface area contributed by atoms with Gasteiger partial charge in [-0.15, -0.1) is 0 Å². The van der Waals surface area contributed by atoms with Gasteiger partial charge in [0.15, 0.2) is 5.96 Å². The molecule has 0 bridgehead atoms. The van der Waals surface area contributed by atoms with E-state index in [9.17, 15) is 4.79 Å². The van der Waals surface area contributed by atoms with E-state index in [-0.39, 0.29) is 12.5 Å². The largest absolute Gasteiger partial charge is 0.425 e. The van der Waals surface area contributed by atoms with Gasteiger partial charge in [-0.3, -0.25) is 0 Å². The highest BCUT2D eigenvalue weighted by Crippen LogP contribution is 2.11. The standard InChI is InChI=1S/C10H10N4O2/c11-5-7-1-3-8(4-2-7)16-9(15)6-14-10(12)13/h1-4H,6H2,(H4,12,13,14). The van der Waals surface area contributed by atoms with Crippen molar-refractivity contribution in [2.45, 2.75) is 0 Å². The summed E-state index contributed by atoms with van der Waals surface area (Å²) in [6, 6.07) is 8.08. The number of esters is 1. The first-order valence-corrected chi connectivity index (χ1v) is 4.38. The number of aliphatic imine (C=N–C) groups is 1. The predicted octanol–water partition coefficient (Wildman–Crippen LogP) is -0.263. The molecule has 1 aromatic rings. The zero-order valence-electron chi connectivity index (χ0n) is 8.38. The normalized spacial score (nSPS) is 8.94. The van der Waals surface area contributed by atoms with E-state index in [1.165, 1.54) is 12.1 Å². The van der Waals surface area contributed by atoms with Gasteiger partial charge < -0.3 is 16.2 Å². The SMILES string of the molecule is N#Cc1ccc(OC(=O)CN=C(N)N)cc1. The number of hydrogen-bond donors (Lipinski definition) is 2. The summed E-state index contributed by atoms with van der Waals surface area (Å²) in [4.78, 5) is 14.7. The van der Waals surface area contributed by atoms with Crippen molar-refractivity contribution in [3.63, 3.8) is 0 Å². The fraction of sp³-hybridized carbons (Fsp3) is 0.100. The molecule has 16 heavy (non-hydrogen) atoms. The van der Waals surface area contributed by atoms with Gasteiger partial charge in [0.05, 0.1) is 11.6 Å². The maximum atomic E-state index is 11.2. The van der Waals surface area contributed by atoms with Gasteiger partial charge in [0.1, 0.15) is 12.3 Å². The lowest BCUT2D eigenvalue weighted by molar-refractivity contribution is -0.132. The zero-order chi connectivity index (χ0) is 12.0. The van der Waals surface area contributed by atoms with Gasteiger partial charge in [-0.25, -0.2) is 9.79 Å². The molecule has 0 saturated heterocycles. The van der Waals surface area contributed by atoms with Crippen LogP contribution in [0.3, 0.4) is 0 Å². The van der Waals surface area contributed by atoms with Crippen molar-refractivity contribution in [3.8, 4) is 11.8 Å². The lowest BCUT2D eigenvalue weighted by atomic mass is 10.2. The van der Waals surface area contributed by atoms with Crippen molar-refractivity contribution in [2.75, 3.05) is 6.54 Å². The van der Waals surface area contributed by atoms with Gasteiger partial charge in [-0.1, -0.05) is 0 Å². The summed E-state index contributed by atoms with van der Waals surface area (Å²) in [5.41, 5.74) is 10.6. The van der Waals surface area contributed by atoms with E-state index in [2.05, 4.69) is 4.99 Å². The van der Waals surface area contributed by atoms with E-state index in [0.717, 1.165) is 0 Å². The van der Waals surface area contributed by atoms with Crippen LogP contribution in [0.1, 0.15) is 5.56 Å². The molecule has 0 saturated carbocycles. The molecule has 82 valence electrons. The average Bonchev–Trinajstić information content (AvgIpc) is 2.27. The van der Waals surface area contributed by atoms with Gasteiger partial charge in [0.25, 0.3) is 0 Å². The lowest BCUT2D eigenvalue weighted by Gasteiger charge is -2.01.